The van der Waals surface area contributed by atoms with Crippen LogP contribution in [0.2, 0.25) is 0 Å². The van der Waals surface area contributed by atoms with Crippen LogP contribution in [0.3, 0.4) is 0 Å². The summed E-state index contributed by atoms with van der Waals surface area (Å²) < 4.78 is 0. The maximum atomic E-state index is 10.1. The standard InChI is InChI=1S/C26H22N2O2/c1-15-6-9-19-18-4-2-3-5-20(18)26(21(19)12-15,16-7-10-24(29)22(27)13-16)17-8-11-25(30)23(28)14-17/h2-14,29-30H,27-28H2,1H3. The van der Waals surface area contributed by atoms with Crippen LogP contribution in [-0.4, -0.2) is 10.2 Å². The number of nitrogen functional groups attached to an aromatic ring is 2. The van der Waals surface area contributed by atoms with Gasteiger partial charge >= 0.3 is 0 Å². The first kappa shape index (κ1) is 18.1. The zero-order chi connectivity index (χ0) is 21.0. The summed E-state index contributed by atoms with van der Waals surface area (Å²) in [6.45, 7) is 2.07. The first-order valence-corrected chi connectivity index (χ1v) is 9.82. The molecule has 0 radical (unpaired) electrons. The second-order valence-corrected chi connectivity index (χ2v) is 7.89. The van der Waals surface area contributed by atoms with Gasteiger partial charge in [-0.25, -0.2) is 0 Å². The monoisotopic (exact) mass is 394 g/mol. The average Bonchev–Trinajstić information content (AvgIpc) is 3.02. The second kappa shape index (κ2) is 6.29. The number of aryl methyl sites for hydroxylation is 1. The summed E-state index contributed by atoms with van der Waals surface area (Å²) in [5.41, 5.74) is 19.8. The van der Waals surface area contributed by atoms with Crippen molar-refractivity contribution in [3.05, 3.63) is 107 Å². The number of rotatable bonds is 2. The van der Waals surface area contributed by atoms with Crippen LogP contribution in [0.25, 0.3) is 11.1 Å². The number of benzene rings is 4. The predicted molar refractivity (Wildman–Crippen MR) is 121 cm³/mol. The van der Waals surface area contributed by atoms with Crippen molar-refractivity contribution in [1.82, 2.24) is 0 Å². The van der Waals surface area contributed by atoms with Crippen molar-refractivity contribution < 1.29 is 10.2 Å². The number of anilines is 2. The summed E-state index contributed by atoms with van der Waals surface area (Å²) in [4.78, 5) is 0. The fourth-order valence-corrected chi connectivity index (χ4v) is 4.76. The molecule has 30 heavy (non-hydrogen) atoms. The Morgan fingerprint density at radius 3 is 1.80 bits per heavy atom. The highest BCUT2D eigenvalue weighted by molar-refractivity contribution is 5.87. The molecule has 148 valence electrons. The fraction of sp³-hybridized carbons (Fsp3) is 0.0769. The van der Waals surface area contributed by atoms with Gasteiger partial charge in [0, 0.05) is 0 Å². The number of nitrogens with two attached hydrogens (primary N) is 2. The molecule has 6 N–H and O–H groups in total. The molecular weight excluding hydrogens is 372 g/mol. The lowest BCUT2D eigenvalue weighted by molar-refractivity contribution is 0.477. The van der Waals surface area contributed by atoms with Crippen molar-refractivity contribution >= 4 is 11.4 Å². The lowest BCUT2D eigenvalue weighted by atomic mass is 9.67. The SMILES string of the molecule is Cc1ccc2c(c1)C(c1ccc(O)c(N)c1)(c1ccc(O)c(N)c1)c1ccccc1-2. The maximum absolute atomic E-state index is 10.1. The van der Waals surface area contributed by atoms with Crippen LogP contribution in [0.5, 0.6) is 11.5 Å². The molecule has 0 heterocycles. The quantitative estimate of drug-likeness (QED) is 0.252. The number of phenols is 2. The summed E-state index contributed by atoms with van der Waals surface area (Å²) in [6.07, 6.45) is 0. The predicted octanol–water partition coefficient (Wildman–Crippen LogP) is 4.93. The Kier molecular flexibility index (Phi) is 3.80. The fourth-order valence-electron chi connectivity index (χ4n) is 4.76. The van der Waals surface area contributed by atoms with E-state index in [0.717, 1.165) is 38.9 Å². The highest BCUT2D eigenvalue weighted by Gasteiger charge is 2.46. The molecule has 4 aromatic rings. The van der Waals surface area contributed by atoms with Crippen LogP contribution < -0.4 is 11.5 Å². The van der Waals surface area contributed by atoms with Gasteiger partial charge < -0.3 is 21.7 Å². The van der Waals surface area contributed by atoms with Crippen LogP contribution in [0.15, 0.2) is 78.9 Å². The van der Waals surface area contributed by atoms with E-state index in [-0.39, 0.29) is 11.5 Å². The molecular formula is C26H22N2O2. The highest BCUT2D eigenvalue weighted by Crippen LogP contribution is 2.57. The van der Waals surface area contributed by atoms with E-state index < -0.39 is 5.41 Å². The van der Waals surface area contributed by atoms with E-state index in [1.165, 1.54) is 0 Å². The summed E-state index contributed by atoms with van der Waals surface area (Å²) in [7, 11) is 0. The minimum absolute atomic E-state index is 0.0508. The number of fused-ring (bicyclic) bond motifs is 3. The van der Waals surface area contributed by atoms with Gasteiger partial charge in [0.1, 0.15) is 11.5 Å². The second-order valence-electron chi connectivity index (χ2n) is 7.89. The third-order valence-electron chi connectivity index (χ3n) is 6.12. The highest BCUT2D eigenvalue weighted by atomic mass is 16.3. The molecule has 4 heteroatoms. The molecule has 0 unspecified atom stereocenters. The molecule has 0 fully saturated rings. The molecule has 1 aliphatic rings. The Labute approximate surface area is 175 Å². The van der Waals surface area contributed by atoms with Crippen LogP contribution in [0.4, 0.5) is 11.4 Å². The van der Waals surface area contributed by atoms with E-state index in [0.29, 0.717) is 11.4 Å². The Bertz CT molecular complexity index is 1260. The lowest BCUT2D eigenvalue weighted by Crippen LogP contribution is -2.29. The molecule has 0 aliphatic heterocycles. The number of aromatic hydroxyl groups is 2. The lowest BCUT2D eigenvalue weighted by Gasteiger charge is -2.34. The molecule has 1 aliphatic carbocycles. The Balaban J connectivity index is 1.98. The Morgan fingerprint density at radius 1 is 0.633 bits per heavy atom. The zero-order valence-corrected chi connectivity index (χ0v) is 16.6. The van der Waals surface area contributed by atoms with Crippen LogP contribution in [0.1, 0.15) is 27.8 Å². The van der Waals surface area contributed by atoms with Crippen molar-refractivity contribution in [2.45, 2.75) is 12.3 Å². The third-order valence-corrected chi connectivity index (χ3v) is 6.12. The zero-order valence-electron chi connectivity index (χ0n) is 16.6. The summed E-state index contributed by atoms with van der Waals surface area (Å²) in [6, 6.07) is 25.5. The van der Waals surface area contributed by atoms with E-state index in [1.54, 1.807) is 12.1 Å². The van der Waals surface area contributed by atoms with Gasteiger partial charge in [0.05, 0.1) is 16.8 Å². The molecule has 0 aromatic heterocycles. The van der Waals surface area contributed by atoms with Gasteiger partial charge in [0.2, 0.25) is 0 Å². The molecule has 4 aromatic carbocycles. The van der Waals surface area contributed by atoms with Crippen LogP contribution in [0, 0.1) is 6.92 Å². The number of hydrogen-bond acceptors (Lipinski definition) is 4. The molecule has 0 saturated carbocycles. The molecule has 0 spiro atoms. The van der Waals surface area contributed by atoms with E-state index in [4.69, 9.17) is 11.5 Å². The Hall–Kier alpha value is -3.92. The van der Waals surface area contributed by atoms with Crippen molar-refractivity contribution in [1.29, 1.82) is 0 Å². The third kappa shape index (κ3) is 2.34. The minimum atomic E-state index is -0.679. The topological polar surface area (TPSA) is 92.5 Å². The van der Waals surface area contributed by atoms with Gasteiger partial charge in [0.25, 0.3) is 0 Å². The Morgan fingerprint density at radius 2 is 1.20 bits per heavy atom. The first-order valence-electron chi connectivity index (χ1n) is 9.82. The molecule has 0 saturated heterocycles. The molecule has 0 amide bonds. The van der Waals surface area contributed by atoms with E-state index in [9.17, 15) is 10.2 Å². The summed E-state index contributed by atoms with van der Waals surface area (Å²) in [5.74, 6) is 0.102. The number of phenolic OH excluding ortho intramolecular Hbond substituents is 2. The van der Waals surface area contributed by atoms with Gasteiger partial charge in [0.15, 0.2) is 0 Å². The van der Waals surface area contributed by atoms with Gasteiger partial charge in [-0.05, 0) is 64.6 Å². The summed E-state index contributed by atoms with van der Waals surface area (Å²) in [5, 5.41) is 20.2. The smallest absolute Gasteiger partial charge is 0.138 e. The van der Waals surface area contributed by atoms with E-state index >= 15 is 0 Å². The normalized spacial score (nSPS) is 13.6. The van der Waals surface area contributed by atoms with Crippen molar-refractivity contribution in [2.75, 3.05) is 11.5 Å². The molecule has 5 rings (SSSR count). The molecule has 0 atom stereocenters. The van der Waals surface area contributed by atoms with Crippen LogP contribution in [-0.2, 0) is 5.41 Å². The van der Waals surface area contributed by atoms with E-state index in [1.807, 2.05) is 36.4 Å². The van der Waals surface area contributed by atoms with Gasteiger partial charge in [-0.1, -0.05) is 60.2 Å². The van der Waals surface area contributed by atoms with Crippen molar-refractivity contribution in [3.63, 3.8) is 0 Å². The number of hydrogen-bond donors (Lipinski definition) is 4. The van der Waals surface area contributed by atoms with Gasteiger partial charge in [-0.3, -0.25) is 0 Å². The summed E-state index contributed by atoms with van der Waals surface area (Å²) >= 11 is 0. The molecule has 4 nitrogen and oxygen atoms in total. The molecule has 0 bridgehead atoms. The van der Waals surface area contributed by atoms with Gasteiger partial charge in [-0.2, -0.15) is 0 Å². The van der Waals surface area contributed by atoms with E-state index in [2.05, 4.69) is 37.3 Å². The van der Waals surface area contributed by atoms with Crippen molar-refractivity contribution in [2.24, 2.45) is 0 Å². The average molecular weight is 394 g/mol. The maximum Gasteiger partial charge on any atom is 0.138 e. The van der Waals surface area contributed by atoms with Gasteiger partial charge in [-0.15, -0.1) is 0 Å². The minimum Gasteiger partial charge on any atom is -0.506 e. The first-order chi connectivity index (χ1) is 14.4. The largest absolute Gasteiger partial charge is 0.506 e. The van der Waals surface area contributed by atoms with Crippen LogP contribution >= 0.6 is 0 Å². The van der Waals surface area contributed by atoms with Crippen molar-refractivity contribution in [3.8, 4) is 22.6 Å².